The van der Waals surface area contributed by atoms with E-state index in [1.54, 1.807) is 6.07 Å². The molecule has 2 heterocycles. The van der Waals surface area contributed by atoms with E-state index in [2.05, 4.69) is 25.3 Å². The Balaban J connectivity index is 1.73. The number of amides is 2. The number of nitrogens with zero attached hydrogens (tertiary/aromatic N) is 2. The quantitative estimate of drug-likeness (QED) is 0.535. The molecule has 0 unspecified atom stereocenters. The van der Waals surface area contributed by atoms with Crippen molar-refractivity contribution in [3.8, 4) is 0 Å². The molecule has 0 bridgehead atoms. The second-order valence-corrected chi connectivity index (χ2v) is 6.13. The summed E-state index contributed by atoms with van der Waals surface area (Å²) in [6, 6.07) is 11.6. The van der Waals surface area contributed by atoms with Gasteiger partial charge in [0, 0.05) is 22.3 Å². The fourth-order valence-corrected chi connectivity index (χ4v) is 2.67. The average molecular weight is 378 g/mol. The minimum absolute atomic E-state index is 0.359. The van der Waals surface area contributed by atoms with Gasteiger partial charge in [0.25, 0.3) is 5.91 Å². The van der Waals surface area contributed by atoms with Crippen molar-refractivity contribution in [2.45, 2.75) is 13.8 Å². The van der Waals surface area contributed by atoms with Gasteiger partial charge in [-0.2, -0.15) is 0 Å². The lowest BCUT2D eigenvalue weighted by Crippen LogP contribution is -2.23. The standard InChI is InChI=1S/C20H18N4O4/c1-11-10-12(2)21-17-15(11)8-9-16(23-17)24-18(25)13-4-6-14(7-5-13)22-19(26)20(27)28-3/h4-10H,1-3H3,(H,22,26)(H,21,23,24,25). The third-order valence-corrected chi connectivity index (χ3v) is 4.02. The third-order valence-electron chi connectivity index (χ3n) is 4.02. The SMILES string of the molecule is COC(=O)C(=O)Nc1ccc(C(=O)Nc2ccc3c(C)cc(C)nc3n2)cc1. The number of pyridine rings is 2. The highest BCUT2D eigenvalue weighted by Gasteiger charge is 2.14. The van der Waals surface area contributed by atoms with Gasteiger partial charge in [-0.15, -0.1) is 0 Å². The van der Waals surface area contributed by atoms with Gasteiger partial charge in [-0.05, 0) is 61.9 Å². The summed E-state index contributed by atoms with van der Waals surface area (Å²) in [6.45, 7) is 3.87. The van der Waals surface area contributed by atoms with E-state index in [0.29, 0.717) is 22.7 Å². The number of aromatic nitrogens is 2. The zero-order valence-corrected chi connectivity index (χ0v) is 15.6. The van der Waals surface area contributed by atoms with E-state index in [-0.39, 0.29) is 5.91 Å². The lowest BCUT2D eigenvalue weighted by molar-refractivity contribution is -0.150. The van der Waals surface area contributed by atoms with Gasteiger partial charge in [0.2, 0.25) is 0 Å². The Labute approximate surface area is 160 Å². The normalized spacial score (nSPS) is 10.4. The summed E-state index contributed by atoms with van der Waals surface area (Å²) in [4.78, 5) is 43.8. The van der Waals surface area contributed by atoms with Crippen molar-refractivity contribution in [3.05, 3.63) is 59.3 Å². The fourth-order valence-electron chi connectivity index (χ4n) is 2.67. The first-order chi connectivity index (χ1) is 13.4. The van der Waals surface area contributed by atoms with E-state index in [4.69, 9.17) is 0 Å². The molecule has 2 amide bonds. The van der Waals surface area contributed by atoms with Crippen LogP contribution in [0.4, 0.5) is 11.5 Å². The molecule has 2 N–H and O–H groups in total. The number of ether oxygens (including phenoxy) is 1. The van der Waals surface area contributed by atoms with E-state index in [1.807, 2.05) is 26.0 Å². The summed E-state index contributed by atoms with van der Waals surface area (Å²) in [5.74, 6) is -1.86. The number of rotatable bonds is 3. The highest BCUT2D eigenvalue weighted by Crippen LogP contribution is 2.19. The zero-order valence-electron chi connectivity index (χ0n) is 15.6. The van der Waals surface area contributed by atoms with E-state index in [1.165, 1.54) is 24.3 Å². The molecular formula is C20H18N4O4. The maximum Gasteiger partial charge on any atom is 0.396 e. The first-order valence-corrected chi connectivity index (χ1v) is 8.43. The van der Waals surface area contributed by atoms with Crippen LogP contribution in [-0.4, -0.2) is 34.9 Å². The predicted molar refractivity (Wildman–Crippen MR) is 104 cm³/mol. The van der Waals surface area contributed by atoms with E-state index < -0.39 is 11.9 Å². The number of nitrogens with one attached hydrogen (secondary N) is 2. The van der Waals surface area contributed by atoms with Crippen LogP contribution in [0.1, 0.15) is 21.6 Å². The van der Waals surface area contributed by atoms with Gasteiger partial charge in [0.1, 0.15) is 5.82 Å². The van der Waals surface area contributed by atoms with E-state index in [0.717, 1.165) is 23.8 Å². The van der Waals surface area contributed by atoms with Crippen molar-refractivity contribution in [3.63, 3.8) is 0 Å². The molecule has 142 valence electrons. The van der Waals surface area contributed by atoms with Crippen molar-refractivity contribution in [2.24, 2.45) is 0 Å². The molecule has 0 saturated heterocycles. The minimum atomic E-state index is -0.997. The third kappa shape index (κ3) is 4.12. The fraction of sp³-hybridized carbons (Fsp3) is 0.150. The average Bonchev–Trinajstić information content (AvgIpc) is 2.67. The van der Waals surface area contributed by atoms with Gasteiger partial charge in [-0.1, -0.05) is 0 Å². The summed E-state index contributed by atoms with van der Waals surface area (Å²) >= 11 is 0. The summed E-state index contributed by atoms with van der Waals surface area (Å²) in [6.07, 6.45) is 0. The Morgan fingerprint density at radius 3 is 2.32 bits per heavy atom. The van der Waals surface area contributed by atoms with Crippen molar-refractivity contribution in [1.29, 1.82) is 0 Å². The number of hydrogen-bond acceptors (Lipinski definition) is 6. The largest absolute Gasteiger partial charge is 0.462 e. The van der Waals surface area contributed by atoms with Gasteiger partial charge >= 0.3 is 11.9 Å². The first-order valence-electron chi connectivity index (χ1n) is 8.43. The molecule has 3 aromatic rings. The lowest BCUT2D eigenvalue weighted by Gasteiger charge is -2.08. The van der Waals surface area contributed by atoms with Crippen LogP contribution in [0.3, 0.4) is 0 Å². The lowest BCUT2D eigenvalue weighted by atomic mass is 10.1. The number of hydrogen-bond donors (Lipinski definition) is 2. The smallest absolute Gasteiger partial charge is 0.396 e. The van der Waals surface area contributed by atoms with Gasteiger partial charge in [0.05, 0.1) is 7.11 Å². The van der Waals surface area contributed by atoms with Crippen molar-refractivity contribution < 1.29 is 19.1 Å². The molecule has 0 radical (unpaired) electrons. The molecule has 8 heteroatoms. The molecule has 0 aliphatic carbocycles. The Morgan fingerprint density at radius 1 is 0.929 bits per heavy atom. The summed E-state index contributed by atoms with van der Waals surface area (Å²) in [5.41, 5.74) is 3.22. The summed E-state index contributed by atoms with van der Waals surface area (Å²) < 4.78 is 4.33. The Morgan fingerprint density at radius 2 is 1.64 bits per heavy atom. The molecule has 1 aromatic carbocycles. The van der Waals surface area contributed by atoms with Crippen LogP contribution in [0, 0.1) is 13.8 Å². The number of esters is 1. The second-order valence-electron chi connectivity index (χ2n) is 6.13. The molecule has 28 heavy (non-hydrogen) atoms. The molecule has 0 saturated carbocycles. The van der Waals surface area contributed by atoms with Crippen LogP contribution in [0.25, 0.3) is 11.0 Å². The van der Waals surface area contributed by atoms with Crippen LogP contribution in [0.2, 0.25) is 0 Å². The maximum absolute atomic E-state index is 12.4. The Kier molecular flexibility index (Phi) is 5.30. The predicted octanol–water partition coefficient (Wildman–Crippen LogP) is 2.61. The van der Waals surface area contributed by atoms with Crippen LogP contribution < -0.4 is 10.6 Å². The van der Waals surface area contributed by atoms with E-state index >= 15 is 0 Å². The minimum Gasteiger partial charge on any atom is -0.462 e. The molecular weight excluding hydrogens is 360 g/mol. The molecule has 0 fully saturated rings. The van der Waals surface area contributed by atoms with Gasteiger partial charge < -0.3 is 15.4 Å². The number of fused-ring (bicyclic) bond motifs is 1. The van der Waals surface area contributed by atoms with E-state index in [9.17, 15) is 14.4 Å². The highest BCUT2D eigenvalue weighted by atomic mass is 16.5. The second kappa shape index (κ2) is 7.83. The van der Waals surface area contributed by atoms with Crippen molar-refractivity contribution in [2.75, 3.05) is 17.7 Å². The Bertz CT molecular complexity index is 1080. The molecule has 0 aliphatic heterocycles. The molecule has 0 spiro atoms. The van der Waals surface area contributed by atoms with Crippen LogP contribution in [0.15, 0.2) is 42.5 Å². The molecule has 0 aliphatic rings. The Hall–Kier alpha value is -3.81. The number of carbonyl (C=O) groups is 3. The first kappa shape index (κ1) is 19.0. The maximum atomic E-state index is 12.4. The zero-order chi connectivity index (χ0) is 20.3. The van der Waals surface area contributed by atoms with Gasteiger partial charge in [0.15, 0.2) is 5.65 Å². The molecule has 0 atom stereocenters. The number of benzene rings is 1. The molecule has 8 nitrogen and oxygen atoms in total. The number of anilines is 2. The topological polar surface area (TPSA) is 110 Å². The molecule has 3 rings (SSSR count). The van der Waals surface area contributed by atoms with Crippen molar-refractivity contribution in [1.82, 2.24) is 9.97 Å². The molecule has 2 aromatic heterocycles. The van der Waals surface area contributed by atoms with Crippen LogP contribution in [0.5, 0.6) is 0 Å². The number of carbonyl (C=O) groups excluding carboxylic acids is 3. The number of methoxy groups -OCH3 is 1. The van der Waals surface area contributed by atoms with Gasteiger partial charge in [-0.25, -0.2) is 14.8 Å². The number of aryl methyl sites for hydroxylation is 2. The highest BCUT2D eigenvalue weighted by molar-refractivity contribution is 6.37. The van der Waals surface area contributed by atoms with Crippen molar-refractivity contribution >= 4 is 40.3 Å². The van der Waals surface area contributed by atoms with Gasteiger partial charge in [-0.3, -0.25) is 9.59 Å². The summed E-state index contributed by atoms with van der Waals surface area (Å²) in [5, 5.41) is 6.02. The monoisotopic (exact) mass is 378 g/mol. The summed E-state index contributed by atoms with van der Waals surface area (Å²) in [7, 11) is 1.12. The van der Waals surface area contributed by atoms with Crippen LogP contribution >= 0.6 is 0 Å². The van der Waals surface area contributed by atoms with Crippen LogP contribution in [-0.2, 0) is 14.3 Å².